The minimum Gasteiger partial charge on any atom is -0.394 e. The molecule has 0 bridgehead atoms. The highest BCUT2D eigenvalue weighted by Gasteiger charge is 2.25. The van der Waals surface area contributed by atoms with E-state index in [1.807, 2.05) is 0 Å². The van der Waals surface area contributed by atoms with Crippen LogP contribution in [-0.4, -0.2) is 34.7 Å². The summed E-state index contributed by atoms with van der Waals surface area (Å²) in [7, 11) is 1.58. The number of nitriles is 1. The van der Waals surface area contributed by atoms with E-state index in [9.17, 15) is 10.1 Å². The van der Waals surface area contributed by atoms with Gasteiger partial charge in [0.05, 0.1) is 17.6 Å². The SMILES string of the molecule is CC(CO)N(C)c1nccc(C#N)c1[N+](=O)[O-]. The lowest BCUT2D eigenvalue weighted by Crippen LogP contribution is -2.33. The van der Waals surface area contributed by atoms with E-state index in [1.165, 1.54) is 17.2 Å². The first kappa shape index (κ1) is 12.9. The van der Waals surface area contributed by atoms with Crippen LogP contribution in [0.5, 0.6) is 0 Å². The van der Waals surface area contributed by atoms with E-state index < -0.39 is 4.92 Å². The molecule has 0 aliphatic heterocycles. The summed E-state index contributed by atoms with van der Waals surface area (Å²) < 4.78 is 0. The Morgan fingerprint density at radius 2 is 2.41 bits per heavy atom. The fraction of sp³-hybridized carbons (Fsp3) is 0.400. The van der Waals surface area contributed by atoms with Crippen molar-refractivity contribution in [1.29, 1.82) is 5.26 Å². The second-order valence-corrected chi connectivity index (χ2v) is 3.54. The Bertz CT molecular complexity index is 469. The van der Waals surface area contributed by atoms with Crippen molar-refractivity contribution in [2.75, 3.05) is 18.6 Å². The summed E-state index contributed by atoms with van der Waals surface area (Å²) >= 11 is 0. The molecule has 17 heavy (non-hydrogen) atoms. The van der Waals surface area contributed by atoms with Gasteiger partial charge in [-0.25, -0.2) is 4.98 Å². The van der Waals surface area contributed by atoms with E-state index in [2.05, 4.69) is 4.98 Å². The zero-order valence-corrected chi connectivity index (χ0v) is 9.49. The van der Waals surface area contributed by atoms with Crippen molar-refractivity contribution in [2.24, 2.45) is 0 Å². The molecule has 0 spiro atoms. The molecule has 0 fully saturated rings. The smallest absolute Gasteiger partial charge is 0.329 e. The van der Waals surface area contributed by atoms with Crippen LogP contribution >= 0.6 is 0 Å². The predicted molar refractivity (Wildman–Crippen MR) is 60.6 cm³/mol. The van der Waals surface area contributed by atoms with Gasteiger partial charge in [-0.15, -0.1) is 0 Å². The van der Waals surface area contributed by atoms with Crippen LogP contribution in [0, 0.1) is 21.4 Å². The molecule has 7 heteroatoms. The van der Waals surface area contributed by atoms with Crippen molar-refractivity contribution in [2.45, 2.75) is 13.0 Å². The van der Waals surface area contributed by atoms with Crippen LogP contribution in [0.1, 0.15) is 12.5 Å². The van der Waals surface area contributed by atoms with E-state index in [4.69, 9.17) is 10.4 Å². The number of likely N-dealkylation sites (N-methyl/N-ethyl adjacent to an activating group) is 1. The number of hydrogen-bond donors (Lipinski definition) is 1. The molecule has 1 aromatic heterocycles. The zero-order chi connectivity index (χ0) is 13.0. The highest BCUT2D eigenvalue weighted by molar-refractivity contribution is 5.65. The van der Waals surface area contributed by atoms with E-state index in [1.54, 1.807) is 20.0 Å². The lowest BCUT2D eigenvalue weighted by molar-refractivity contribution is -0.384. The third-order valence-corrected chi connectivity index (χ3v) is 2.47. The maximum Gasteiger partial charge on any atom is 0.329 e. The third-order valence-electron chi connectivity index (χ3n) is 2.47. The van der Waals surface area contributed by atoms with E-state index in [0.29, 0.717) is 0 Å². The summed E-state index contributed by atoms with van der Waals surface area (Å²) in [5.74, 6) is 0.0793. The summed E-state index contributed by atoms with van der Waals surface area (Å²) in [6.07, 6.45) is 1.33. The van der Waals surface area contributed by atoms with Gasteiger partial charge in [-0.3, -0.25) is 10.1 Å². The van der Waals surface area contributed by atoms with Crippen LogP contribution in [-0.2, 0) is 0 Å². The number of aromatic nitrogens is 1. The molecule has 0 saturated heterocycles. The molecule has 0 aliphatic carbocycles. The maximum atomic E-state index is 10.9. The first-order valence-electron chi connectivity index (χ1n) is 4.90. The minimum absolute atomic E-state index is 0.0445. The number of nitrogens with zero attached hydrogens (tertiary/aromatic N) is 4. The number of aliphatic hydroxyl groups is 1. The topological polar surface area (TPSA) is 103 Å². The Balaban J connectivity index is 3.34. The standard InChI is InChI=1S/C10H12N4O3/c1-7(6-15)13(2)10-9(14(16)17)8(5-11)3-4-12-10/h3-4,7,15H,6H2,1-2H3. The number of aliphatic hydroxyl groups excluding tert-OH is 1. The van der Waals surface area contributed by atoms with Gasteiger partial charge in [-0.1, -0.05) is 0 Å². The van der Waals surface area contributed by atoms with Crippen molar-refractivity contribution in [3.63, 3.8) is 0 Å². The first-order chi connectivity index (χ1) is 8.02. The van der Waals surface area contributed by atoms with E-state index in [0.717, 1.165) is 0 Å². The van der Waals surface area contributed by atoms with Crippen LogP contribution in [0.15, 0.2) is 12.3 Å². The summed E-state index contributed by atoms with van der Waals surface area (Å²) in [6.45, 7) is 1.54. The Morgan fingerprint density at radius 3 is 2.88 bits per heavy atom. The van der Waals surface area contributed by atoms with Gasteiger partial charge in [-0.05, 0) is 13.0 Å². The van der Waals surface area contributed by atoms with Crippen molar-refractivity contribution in [3.05, 3.63) is 27.9 Å². The molecule has 1 atom stereocenters. The summed E-state index contributed by atoms with van der Waals surface area (Å²) in [4.78, 5) is 15.7. The Kier molecular flexibility index (Phi) is 3.96. The third kappa shape index (κ3) is 2.49. The van der Waals surface area contributed by atoms with E-state index in [-0.39, 0.29) is 29.7 Å². The van der Waals surface area contributed by atoms with Crippen molar-refractivity contribution in [1.82, 2.24) is 4.98 Å². The van der Waals surface area contributed by atoms with Crippen LogP contribution in [0.4, 0.5) is 11.5 Å². The van der Waals surface area contributed by atoms with Gasteiger partial charge in [0.2, 0.25) is 5.82 Å². The fourth-order valence-corrected chi connectivity index (χ4v) is 1.30. The maximum absolute atomic E-state index is 10.9. The molecule has 0 aliphatic rings. The molecule has 1 heterocycles. The zero-order valence-electron chi connectivity index (χ0n) is 9.49. The Hall–Kier alpha value is -2.20. The van der Waals surface area contributed by atoms with Gasteiger partial charge < -0.3 is 10.0 Å². The lowest BCUT2D eigenvalue weighted by atomic mass is 10.2. The van der Waals surface area contributed by atoms with Crippen molar-refractivity contribution < 1.29 is 10.0 Å². The number of anilines is 1. The summed E-state index contributed by atoms with van der Waals surface area (Å²) in [6, 6.07) is 2.73. The second-order valence-electron chi connectivity index (χ2n) is 3.54. The second kappa shape index (κ2) is 5.23. The monoisotopic (exact) mass is 236 g/mol. The number of hydrogen-bond acceptors (Lipinski definition) is 6. The van der Waals surface area contributed by atoms with Crippen LogP contribution in [0.2, 0.25) is 0 Å². The average Bonchev–Trinajstić information content (AvgIpc) is 2.35. The minimum atomic E-state index is -0.637. The highest BCUT2D eigenvalue weighted by atomic mass is 16.6. The molecule has 0 amide bonds. The molecule has 1 unspecified atom stereocenters. The van der Waals surface area contributed by atoms with Gasteiger partial charge in [-0.2, -0.15) is 5.26 Å². The predicted octanol–water partition coefficient (Wildman–Crippen LogP) is 0.678. The van der Waals surface area contributed by atoms with Gasteiger partial charge in [0.15, 0.2) is 0 Å². The quantitative estimate of drug-likeness (QED) is 0.609. The summed E-state index contributed by atoms with van der Waals surface area (Å²) in [5.41, 5.74) is -0.380. The Labute approximate surface area is 98.1 Å². The molecule has 1 N–H and O–H groups in total. The number of nitro groups is 1. The molecule has 1 aromatic rings. The number of pyridine rings is 1. The fourth-order valence-electron chi connectivity index (χ4n) is 1.30. The largest absolute Gasteiger partial charge is 0.394 e. The normalized spacial score (nSPS) is 11.6. The summed E-state index contributed by atoms with van der Waals surface area (Å²) in [5, 5.41) is 28.8. The van der Waals surface area contributed by atoms with Gasteiger partial charge in [0.25, 0.3) is 0 Å². The van der Waals surface area contributed by atoms with Crippen molar-refractivity contribution >= 4 is 11.5 Å². The van der Waals surface area contributed by atoms with Crippen molar-refractivity contribution in [3.8, 4) is 6.07 Å². The molecule has 90 valence electrons. The van der Waals surface area contributed by atoms with Crippen LogP contribution in [0.3, 0.4) is 0 Å². The molecule has 1 rings (SSSR count). The molecule has 0 saturated carbocycles. The lowest BCUT2D eigenvalue weighted by Gasteiger charge is -2.23. The van der Waals surface area contributed by atoms with Gasteiger partial charge in [0, 0.05) is 13.2 Å². The van der Waals surface area contributed by atoms with Crippen LogP contribution < -0.4 is 4.90 Å². The molecule has 7 nitrogen and oxygen atoms in total. The molecular weight excluding hydrogens is 224 g/mol. The molecule has 0 aromatic carbocycles. The van der Waals surface area contributed by atoms with Crippen LogP contribution in [0.25, 0.3) is 0 Å². The van der Waals surface area contributed by atoms with E-state index >= 15 is 0 Å². The number of rotatable bonds is 4. The van der Waals surface area contributed by atoms with Gasteiger partial charge >= 0.3 is 5.69 Å². The molecular formula is C10H12N4O3. The Morgan fingerprint density at radius 1 is 1.76 bits per heavy atom. The first-order valence-corrected chi connectivity index (χ1v) is 4.90. The van der Waals surface area contributed by atoms with Gasteiger partial charge in [0.1, 0.15) is 11.6 Å². The average molecular weight is 236 g/mol. The molecule has 0 radical (unpaired) electrons. The highest BCUT2D eigenvalue weighted by Crippen LogP contribution is 2.29.